The summed E-state index contributed by atoms with van der Waals surface area (Å²) in [6.07, 6.45) is 1.63. The lowest BCUT2D eigenvalue weighted by Crippen LogP contribution is -2.15. The first-order valence-corrected chi connectivity index (χ1v) is 8.30. The number of nitrogens with one attached hydrogen (secondary N) is 1. The van der Waals surface area contributed by atoms with Crippen molar-refractivity contribution in [2.45, 2.75) is 13.7 Å². The molecule has 0 unspecified atom stereocenters. The molecular formula is C18H15BrFN3O2. The Morgan fingerprint density at radius 1 is 1.24 bits per heavy atom. The van der Waals surface area contributed by atoms with Crippen LogP contribution in [0.25, 0.3) is 0 Å². The lowest BCUT2D eigenvalue weighted by atomic mass is 10.2. The molecule has 0 fully saturated rings. The zero-order valence-corrected chi connectivity index (χ0v) is 15.0. The SMILES string of the molecule is Cc1ccc(F)c(NC(=O)c2ccn(COc3ccc(Br)cc3)n2)c1. The molecule has 0 saturated heterocycles. The first kappa shape index (κ1) is 17.2. The van der Waals surface area contributed by atoms with E-state index in [0.717, 1.165) is 10.0 Å². The number of carbonyl (C=O) groups is 1. The van der Waals surface area contributed by atoms with Crippen LogP contribution in [0, 0.1) is 12.7 Å². The molecule has 0 spiro atoms. The van der Waals surface area contributed by atoms with Crippen LogP contribution in [0.4, 0.5) is 10.1 Å². The molecule has 1 amide bonds. The Balaban J connectivity index is 1.63. The fourth-order valence-electron chi connectivity index (χ4n) is 2.15. The van der Waals surface area contributed by atoms with Gasteiger partial charge in [0.1, 0.15) is 11.6 Å². The molecule has 3 aromatic rings. The molecule has 7 heteroatoms. The molecular weight excluding hydrogens is 389 g/mol. The van der Waals surface area contributed by atoms with Gasteiger partial charge in [-0.1, -0.05) is 22.0 Å². The molecule has 3 rings (SSSR count). The fourth-order valence-corrected chi connectivity index (χ4v) is 2.41. The number of rotatable bonds is 5. The molecule has 128 valence electrons. The van der Waals surface area contributed by atoms with E-state index in [1.54, 1.807) is 24.4 Å². The average molecular weight is 404 g/mol. The van der Waals surface area contributed by atoms with Crippen molar-refractivity contribution in [2.75, 3.05) is 5.32 Å². The minimum absolute atomic E-state index is 0.130. The van der Waals surface area contributed by atoms with Gasteiger partial charge in [0.05, 0.1) is 5.69 Å². The summed E-state index contributed by atoms with van der Waals surface area (Å²) in [6, 6.07) is 13.5. The zero-order valence-electron chi connectivity index (χ0n) is 13.4. The Hall–Kier alpha value is -2.67. The van der Waals surface area contributed by atoms with E-state index >= 15 is 0 Å². The number of nitrogens with zero attached hydrogens (tertiary/aromatic N) is 2. The molecule has 0 aliphatic rings. The minimum atomic E-state index is -0.489. The molecule has 1 heterocycles. The van der Waals surface area contributed by atoms with E-state index in [0.29, 0.717) is 5.75 Å². The van der Waals surface area contributed by atoms with Crippen molar-refractivity contribution in [1.29, 1.82) is 0 Å². The quantitative estimate of drug-likeness (QED) is 0.687. The molecule has 5 nitrogen and oxygen atoms in total. The smallest absolute Gasteiger partial charge is 0.276 e. The second-order valence-electron chi connectivity index (χ2n) is 5.41. The van der Waals surface area contributed by atoms with Gasteiger partial charge in [-0.05, 0) is 55.0 Å². The lowest BCUT2D eigenvalue weighted by molar-refractivity contribution is 0.101. The maximum absolute atomic E-state index is 13.7. The van der Waals surface area contributed by atoms with Crippen LogP contribution in [0.5, 0.6) is 5.75 Å². The number of hydrogen-bond donors (Lipinski definition) is 1. The molecule has 0 saturated carbocycles. The van der Waals surface area contributed by atoms with Crippen LogP contribution in [0.2, 0.25) is 0 Å². The van der Waals surface area contributed by atoms with Gasteiger partial charge < -0.3 is 10.1 Å². The normalized spacial score (nSPS) is 10.5. The number of halogens is 2. The van der Waals surface area contributed by atoms with Gasteiger partial charge >= 0.3 is 0 Å². The highest BCUT2D eigenvalue weighted by molar-refractivity contribution is 9.10. The average Bonchev–Trinajstić information content (AvgIpc) is 3.07. The summed E-state index contributed by atoms with van der Waals surface area (Å²) in [6.45, 7) is 1.98. The summed E-state index contributed by atoms with van der Waals surface area (Å²) in [5.41, 5.74) is 1.16. The molecule has 0 aliphatic heterocycles. The molecule has 25 heavy (non-hydrogen) atoms. The van der Waals surface area contributed by atoms with E-state index in [1.807, 2.05) is 31.2 Å². The highest BCUT2D eigenvalue weighted by atomic mass is 79.9. The standard InChI is InChI=1S/C18H15BrFN3O2/c1-12-2-7-15(20)17(10-12)21-18(24)16-8-9-23(22-16)11-25-14-5-3-13(19)4-6-14/h2-10H,11H2,1H3,(H,21,24). The van der Waals surface area contributed by atoms with Gasteiger partial charge in [-0.2, -0.15) is 5.10 Å². The Bertz CT molecular complexity index is 894. The Morgan fingerprint density at radius 2 is 2.00 bits per heavy atom. The monoisotopic (exact) mass is 403 g/mol. The summed E-state index contributed by atoms with van der Waals surface area (Å²) >= 11 is 3.35. The van der Waals surface area contributed by atoms with Gasteiger partial charge in [-0.3, -0.25) is 4.79 Å². The van der Waals surface area contributed by atoms with Gasteiger partial charge in [0, 0.05) is 10.7 Å². The van der Waals surface area contributed by atoms with Crippen molar-refractivity contribution in [2.24, 2.45) is 0 Å². The summed E-state index contributed by atoms with van der Waals surface area (Å²) in [5.74, 6) is -0.282. The number of anilines is 1. The van der Waals surface area contributed by atoms with E-state index in [2.05, 4.69) is 26.3 Å². The fraction of sp³-hybridized carbons (Fsp3) is 0.111. The van der Waals surface area contributed by atoms with Crippen LogP contribution in [0.3, 0.4) is 0 Å². The number of amides is 1. The van der Waals surface area contributed by atoms with Gasteiger partial charge in [0.25, 0.3) is 5.91 Å². The number of hydrogen-bond acceptors (Lipinski definition) is 3. The second-order valence-corrected chi connectivity index (χ2v) is 6.32. The minimum Gasteiger partial charge on any atom is -0.471 e. The topological polar surface area (TPSA) is 56.2 Å². The van der Waals surface area contributed by atoms with E-state index in [9.17, 15) is 9.18 Å². The van der Waals surface area contributed by atoms with Crippen LogP contribution in [0.15, 0.2) is 59.2 Å². The van der Waals surface area contributed by atoms with E-state index < -0.39 is 11.7 Å². The Labute approximate surface area is 152 Å². The third-order valence-electron chi connectivity index (χ3n) is 3.42. The van der Waals surface area contributed by atoms with Crippen molar-refractivity contribution in [3.63, 3.8) is 0 Å². The summed E-state index contributed by atoms with van der Waals surface area (Å²) in [4.78, 5) is 12.2. The van der Waals surface area contributed by atoms with Crippen molar-refractivity contribution in [3.05, 3.63) is 76.3 Å². The number of benzene rings is 2. The third kappa shape index (κ3) is 4.45. The largest absolute Gasteiger partial charge is 0.471 e. The summed E-state index contributed by atoms with van der Waals surface area (Å²) in [5, 5.41) is 6.66. The van der Waals surface area contributed by atoms with Crippen molar-refractivity contribution in [1.82, 2.24) is 9.78 Å². The number of ether oxygens (including phenoxy) is 1. The third-order valence-corrected chi connectivity index (χ3v) is 3.95. The molecule has 1 N–H and O–H groups in total. The number of aryl methyl sites for hydroxylation is 1. The maximum atomic E-state index is 13.7. The first-order valence-electron chi connectivity index (χ1n) is 7.50. The maximum Gasteiger partial charge on any atom is 0.276 e. The Morgan fingerprint density at radius 3 is 2.76 bits per heavy atom. The lowest BCUT2D eigenvalue weighted by Gasteiger charge is -2.07. The van der Waals surface area contributed by atoms with Crippen LogP contribution in [-0.4, -0.2) is 15.7 Å². The van der Waals surface area contributed by atoms with Gasteiger partial charge in [0.2, 0.25) is 0 Å². The van der Waals surface area contributed by atoms with E-state index in [4.69, 9.17) is 4.74 Å². The molecule has 0 radical (unpaired) electrons. The van der Waals surface area contributed by atoms with Crippen LogP contribution < -0.4 is 10.1 Å². The number of carbonyl (C=O) groups excluding carboxylic acids is 1. The zero-order chi connectivity index (χ0) is 17.8. The molecule has 0 bridgehead atoms. The van der Waals surface area contributed by atoms with E-state index in [1.165, 1.54) is 10.7 Å². The second kappa shape index (κ2) is 7.48. The van der Waals surface area contributed by atoms with Crippen LogP contribution >= 0.6 is 15.9 Å². The van der Waals surface area contributed by atoms with Crippen molar-refractivity contribution < 1.29 is 13.9 Å². The summed E-state index contributed by atoms with van der Waals surface area (Å²) < 4.78 is 21.8. The van der Waals surface area contributed by atoms with Crippen LogP contribution in [0.1, 0.15) is 16.1 Å². The van der Waals surface area contributed by atoms with Crippen molar-refractivity contribution in [3.8, 4) is 5.75 Å². The van der Waals surface area contributed by atoms with Crippen LogP contribution in [-0.2, 0) is 6.73 Å². The molecule has 1 aromatic heterocycles. The van der Waals surface area contributed by atoms with E-state index in [-0.39, 0.29) is 18.1 Å². The van der Waals surface area contributed by atoms with Gasteiger partial charge in [-0.15, -0.1) is 0 Å². The predicted molar refractivity (Wildman–Crippen MR) is 96.1 cm³/mol. The Kier molecular flexibility index (Phi) is 5.14. The molecule has 0 atom stereocenters. The molecule has 0 aliphatic carbocycles. The highest BCUT2D eigenvalue weighted by Gasteiger charge is 2.12. The first-order chi connectivity index (χ1) is 12.0. The number of aromatic nitrogens is 2. The predicted octanol–water partition coefficient (Wildman–Crippen LogP) is 4.38. The van der Waals surface area contributed by atoms with Gasteiger partial charge in [-0.25, -0.2) is 9.07 Å². The van der Waals surface area contributed by atoms with Gasteiger partial charge in [0.15, 0.2) is 12.4 Å². The highest BCUT2D eigenvalue weighted by Crippen LogP contribution is 2.17. The van der Waals surface area contributed by atoms with Crippen molar-refractivity contribution >= 4 is 27.5 Å². The summed E-state index contributed by atoms with van der Waals surface area (Å²) in [7, 11) is 0. The molecule has 2 aromatic carbocycles.